The second kappa shape index (κ2) is 5.99. The van der Waals surface area contributed by atoms with Crippen molar-refractivity contribution >= 4 is 9.84 Å². The highest BCUT2D eigenvalue weighted by Gasteiger charge is 2.35. The van der Waals surface area contributed by atoms with Crippen molar-refractivity contribution in [1.29, 1.82) is 0 Å². The molecular weight excluding hydrogens is 282 g/mol. The lowest BCUT2D eigenvalue weighted by molar-refractivity contribution is 0.165. The number of hydrogen-bond donors (Lipinski definition) is 2. The van der Waals surface area contributed by atoms with Gasteiger partial charge in [-0.1, -0.05) is 6.07 Å². The summed E-state index contributed by atoms with van der Waals surface area (Å²) < 4.78 is 33.2. The summed E-state index contributed by atoms with van der Waals surface area (Å²) in [6.07, 6.45) is -0.857. The predicted molar refractivity (Wildman–Crippen MR) is 74.8 cm³/mol. The van der Waals surface area contributed by atoms with Crippen LogP contribution in [-0.4, -0.2) is 51.4 Å². The van der Waals surface area contributed by atoms with Crippen LogP contribution in [0.4, 0.5) is 0 Å². The van der Waals surface area contributed by atoms with Gasteiger partial charge in [0.2, 0.25) is 0 Å². The van der Waals surface area contributed by atoms with E-state index in [1.807, 2.05) is 6.07 Å². The second-order valence-electron chi connectivity index (χ2n) is 4.81. The molecular formula is C13H19NO5S. The number of benzene rings is 1. The summed E-state index contributed by atoms with van der Waals surface area (Å²) in [6.45, 7) is 0.421. The van der Waals surface area contributed by atoms with Gasteiger partial charge >= 0.3 is 0 Å². The fourth-order valence-corrected chi connectivity index (χ4v) is 4.04. The van der Waals surface area contributed by atoms with E-state index in [0.717, 1.165) is 5.56 Å². The van der Waals surface area contributed by atoms with Crippen molar-refractivity contribution in [2.24, 2.45) is 0 Å². The molecule has 0 aliphatic carbocycles. The molecule has 1 aliphatic heterocycles. The first-order valence-electron chi connectivity index (χ1n) is 6.28. The van der Waals surface area contributed by atoms with E-state index in [-0.39, 0.29) is 11.5 Å². The van der Waals surface area contributed by atoms with Crippen LogP contribution in [0.5, 0.6) is 11.5 Å². The second-order valence-corrected chi connectivity index (χ2v) is 6.96. The fourth-order valence-electron chi connectivity index (χ4n) is 2.26. The molecule has 0 radical (unpaired) electrons. The van der Waals surface area contributed by atoms with Gasteiger partial charge in [-0.2, -0.15) is 0 Å². The normalized spacial score (nSPS) is 24.6. The Hall–Kier alpha value is -1.31. The van der Waals surface area contributed by atoms with E-state index in [2.05, 4.69) is 5.32 Å². The third-order valence-electron chi connectivity index (χ3n) is 3.37. The van der Waals surface area contributed by atoms with Gasteiger partial charge in [-0.05, 0) is 6.07 Å². The van der Waals surface area contributed by atoms with Crippen LogP contribution in [0.1, 0.15) is 5.56 Å². The number of rotatable bonds is 5. The number of aliphatic hydroxyl groups is 1. The Kier molecular flexibility index (Phi) is 4.52. The number of hydrogen-bond acceptors (Lipinski definition) is 6. The average Bonchev–Trinajstić information content (AvgIpc) is 2.68. The smallest absolute Gasteiger partial charge is 0.154 e. The molecule has 1 heterocycles. The van der Waals surface area contributed by atoms with Crippen molar-refractivity contribution in [3.63, 3.8) is 0 Å². The maximum absolute atomic E-state index is 11.4. The van der Waals surface area contributed by atoms with Gasteiger partial charge in [-0.3, -0.25) is 0 Å². The Morgan fingerprint density at radius 1 is 1.30 bits per heavy atom. The molecule has 6 nitrogen and oxygen atoms in total. The van der Waals surface area contributed by atoms with Crippen molar-refractivity contribution in [1.82, 2.24) is 5.32 Å². The monoisotopic (exact) mass is 301 g/mol. The highest BCUT2D eigenvalue weighted by atomic mass is 32.2. The Labute approximate surface area is 118 Å². The molecule has 2 unspecified atom stereocenters. The highest BCUT2D eigenvalue weighted by molar-refractivity contribution is 7.91. The van der Waals surface area contributed by atoms with E-state index < -0.39 is 22.0 Å². The number of nitrogens with one attached hydrogen (secondary N) is 1. The van der Waals surface area contributed by atoms with E-state index in [1.54, 1.807) is 26.4 Å². The van der Waals surface area contributed by atoms with Crippen LogP contribution < -0.4 is 14.8 Å². The lowest BCUT2D eigenvalue weighted by atomic mass is 10.1. The number of ether oxygens (including phenoxy) is 2. The largest absolute Gasteiger partial charge is 0.497 e. The van der Waals surface area contributed by atoms with Crippen LogP contribution in [0, 0.1) is 0 Å². The van der Waals surface area contributed by atoms with E-state index in [0.29, 0.717) is 18.0 Å². The minimum absolute atomic E-state index is 0.0351. The molecule has 2 atom stereocenters. The minimum atomic E-state index is -3.14. The standard InChI is InChI=1S/C13H19NO5S/c1-18-10-4-3-9(13(5-10)19-2)6-14-11-7-20(16,17)8-12(11)15/h3-5,11-12,14-15H,6-8H2,1-2H3. The predicted octanol–water partition coefficient (Wildman–Crippen LogP) is -0.0487. The van der Waals surface area contributed by atoms with E-state index >= 15 is 0 Å². The van der Waals surface area contributed by atoms with Crippen LogP contribution in [0.25, 0.3) is 0 Å². The molecule has 0 saturated carbocycles. The summed E-state index contributed by atoms with van der Waals surface area (Å²) in [7, 11) is -0.000664. The molecule has 1 aliphatic rings. The summed E-state index contributed by atoms with van der Waals surface area (Å²) in [6, 6.07) is 4.98. The van der Waals surface area contributed by atoms with Gasteiger partial charge in [0.15, 0.2) is 9.84 Å². The summed E-state index contributed by atoms with van der Waals surface area (Å²) in [5.41, 5.74) is 0.879. The SMILES string of the molecule is COc1ccc(CNC2CS(=O)(=O)CC2O)c(OC)c1. The van der Waals surface area contributed by atoms with Gasteiger partial charge in [-0.25, -0.2) is 8.42 Å². The number of sulfone groups is 1. The summed E-state index contributed by atoms with van der Waals surface area (Å²) in [5, 5.41) is 12.8. The number of aliphatic hydroxyl groups excluding tert-OH is 1. The summed E-state index contributed by atoms with van der Waals surface area (Å²) in [5.74, 6) is 1.14. The molecule has 1 fully saturated rings. The Morgan fingerprint density at radius 3 is 2.60 bits per heavy atom. The van der Waals surface area contributed by atoms with Gasteiger partial charge in [0.05, 0.1) is 31.8 Å². The molecule has 0 aromatic heterocycles. The molecule has 1 saturated heterocycles. The molecule has 20 heavy (non-hydrogen) atoms. The van der Waals surface area contributed by atoms with Gasteiger partial charge in [0.25, 0.3) is 0 Å². The number of methoxy groups -OCH3 is 2. The first-order valence-corrected chi connectivity index (χ1v) is 8.10. The van der Waals surface area contributed by atoms with Crippen LogP contribution in [0.2, 0.25) is 0 Å². The third kappa shape index (κ3) is 3.41. The highest BCUT2D eigenvalue weighted by Crippen LogP contribution is 2.25. The first-order chi connectivity index (χ1) is 9.45. The van der Waals surface area contributed by atoms with Crippen LogP contribution in [0.15, 0.2) is 18.2 Å². The Morgan fingerprint density at radius 2 is 2.05 bits per heavy atom. The van der Waals surface area contributed by atoms with Gasteiger partial charge < -0.3 is 19.9 Å². The third-order valence-corrected chi connectivity index (χ3v) is 5.09. The molecule has 0 bridgehead atoms. The summed E-state index contributed by atoms with van der Waals surface area (Å²) >= 11 is 0. The Bertz CT molecular complexity index is 572. The van der Waals surface area contributed by atoms with Gasteiger partial charge in [0, 0.05) is 24.2 Å². The zero-order chi connectivity index (χ0) is 14.8. The lowest BCUT2D eigenvalue weighted by Gasteiger charge is -2.16. The summed E-state index contributed by atoms with van der Waals surface area (Å²) in [4.78, 5) is 0. The average molecular weight is 301 g/mol. The molecule has 112 valence electrons. The zero-order valence-corrected chi connectivity index (χ0v) is 12.3. The van der Waals surface area contributed by atoms with E-state index in [9.17, 15) is 13.5 Å². The zero-order valence-electron chi connectivity index (χ0n) is 11.5. The molecule has 7 heteroatoms. The molecule has 1 aromatic carbocycles. The molecule has 2 rings (SSSR count). The van der Waals surface area contributed by atoms with Crippen molar-refractivity contribution in [3.8, 4) is 11.5 Å². The quantitative estimate of drug-likeness (QED) is 0.793. The van der Waals surface area contributed by atoms with Crippen LogP contribution in [-0.2, 0) is 16.4 Å². The van der Waals surface area contributed by atoms with Crippen LogP contribution in [0.3, 0.4) is 0 Å². The fraction of sp³-hybridized carbons (Fsp3) is 0.538. The van der Waals surface area contributed by atoms with Crippen molar-refractivity contribution in [3.05, 3.63) is 23.8 Å². The maximum atomic E-state index is 11.4. The first kappa shape index (κ1) is 15.1. The van der Waals surface area contributed by atoms with Gasteiger partial charge in [-0.15, -0.1) is 0 Å². The Balaban J connectivity index is 2.04. The van der Waals surface area contributed by atoms with Crippen molar-refractivity contribution in [2.45, 2.75) is 18.7 Å². The van der Waals surface area contributed by atoms with Crippen molar-refractivity contribution < 1.29 is 23.0 Å². The lowest BCUT2D eigenvalue weighted by Crippen LogP contribution is -2.38. The van der Waals surface area contributed by atoms with Crippen LogP contribution >= 0.6 is 0 Å². The van der Waals surface area contributed by atoms with Crippen molar-refractivity contribution in [2.75, 3.05) is 25.7 Å². The van der Waals surface area contributed by atoms with E-state index in [4.69, 9.17) is 9.47 Å². The van der Waals surface area contributed by atoms with E-state index in [1.165, 1.54) is 0 Å². The minimum Gasteiger partial charge on any atom is -0.497 e. The molecule has 1 aromatic rings. The van der Waals surface area contributed by atoms with Gasteiger partial charge in [0.1, 0.15) is 11.5 Å². The molecule has 0 spiro atoms. The maximum Gasteiger partial charge on any atom is 0.154 e. The topological polar surface area (TPSA) is 84.9 Å². The molecule has 2 N–H and O–H groups in total. The molecule has 0 amide bonds.